The van der Waals surface area contributed by atoms with E-state index in [1.807, 2.05) is 42.5 Å². The van der Waals surface area contributed by atoms with Crippen LogP contribution in [0.4, 0.5) is 0 Å². The van der Waals surface area contributed by atoms with Crippen LogP contribution in [0.3, 0.4) is 0 Å². The van der Waals surface area contributed by atoms with Crippen LogP contribution >= 0.6 is 0 Å². The summed E-state index contributed by atoms with van der Waals surface area (Å²) in [6, 6.07) is 18.0. The second kappa shape index (κ2) is 6.77. The van der Waals surface area contributed by atoms with Crippen LogP contribution in [0.5, 0.6) is 11.5 Å². The SMILES string of the molecule is CCC1CC(OCc2cccc(Oc3ccccc3)c2)C1. The van der Waals surface area contributed by atoms with Gasteiger partial charge in [0.2, 0.25) is 0 Å². The topological polar surface area (TPSA) is 18.5 Å². The van der Waals surface area contributed by atoms with E-state index < -0.39 is 0 Å². The standard InChI is InChI=1S/C19H22O2/c1-2-15-11-19(12-15)20-14-16-7-6-10-18(13-16)21-17-8-4-3-5-9-17/h3-10,13,15,19H,2,11-12,14H2,1H3. The summed E-state index contributed by atoms with van der Waals surface area (Å²) in [5, 5.41) is 0. The maximum absolute atomic E-state index is 5.95. The number of hydrogen-bond donors (Lipinski definition) is 0. The second-order valence-electron chi connectivity index (χ2n) is 5.74. The Hall–Kier alpha value is -1.80. The molecule has 1 fully saturated rings. The van der Waals surface area contributed by atoms with Gasteiger partial charge in [-0.15, -0.1) is 0 Å². The van der Waals surface area contributed by atoms with E-state index in [-0.39, 0.29) is 0 Å². The van der Waals surface area contributed by atoms with Gasteiger partial charge in [-0.05, 0) is 48.6 Å². The van der Waals surface area contributed by atoms with Crippen LogP contribution in [0.2, 0.25) is 0 Å². The zero-order valence-corrected chi connectivity index (χ0v) is 12.5. The monoisotopic (exact) mass is 282 g/mol. The van der Waals surface area contributed by atoms with Crippen molar-refractivity contribution in [3.63, 3.8) is 0 Å². The lowest BCUT2D eigenvalue weighted by molar-refractivity contribution is -0.0408. The van der Waals surface area contributed by atoms with Gasteiger partial charge < -0.3 is 9.47 Å². The Bertz CT molecular complexity index is 559. The molecule has 0 aliphatic heterocycles. The van der Waals surface area contributed by atoms with Crippen LogP contribution in [0.25, 0.3) is 0 Å². The van der Waals surface area contributed by atoms with Crippen molar-refractivity contribution in [3.8, 4) is 11.5 Å². The Balaban J connectivity index is 1.54. The van der Waals surface area contributed by atoms with E-state index in [4.69, 9.17) is 9.47 Å². The van der Waals surface area contributed by atoms with Crippen LogP contribution in [0.15, 0.2) is 54.6 Å². The lowest BCUT2D eigenvalue weighted by Gasteiger charge is -2.34. The normalized spacial score (nSPS) is 20.8. The van der Waals surface area contributed by atoms with Gasteiger partial charge in [-0.25, -0.2) is 0 Å². The smallest absolute Gasteiger partial charge is 0.127 e. The maximum atomic E-state index is 5.95. The Morgan fingerprint density at radius 3 is 2.48 bits per heavy atom. The number of benzene rings is 2. The third-order valence-electron chi connectivity index (χ3n) is 4.13. The minimum absolute atomic E-state index is 0.452. The van der Waals surface area contributed by atoms with E-state index in [1.165, 1.54) is 24.8 Å². The summed E-state index contributed by atoms with van der Waals surface area (Å²) in [5.74, 6) is 2.60. The number of para-hydroxylation sites is 1. The summed E-state index contributed by atoms with van der Waals surface area (Å²) in [7, 11) is 0. The molecule has 2 nitrogen and oxygen atoms in total. The molecule has 0 radical (unpaired) electrons. The van der Waals surface area contributed by atoms with Gasteiger partial charge in [-0.3, -0.25) is 0 Å². The zero-order valence-electron chi connectivity index (χ0n) is 12.5. The highest BCUT2D eigenvalue weighted by Gasteiger charge is 2.27. The first-order valence-electron chi connectivity index (χ1n) is 7.77. The molecule has 110 valence electrons. The van der Waals surface area contributed by atoms with Crippen molar-refractivity contribution in [1.82, 2.24) is 0 Å². The van der Waals surface area contributed by atoms with Gasteiger partial charge in [0.15, 0.2) is 0 Å². The molecule has 0 saturated heterocycles. The Labute approximate surface area is 126 Å². The molecule has 0 unspecified atom stereocenters. The average Bonchev–Trinajstić information content (AvgIpc) is 2.47. The van der Waals surface area contributed by atoms with Crippen molar-refractivity contribution in [2.45, 2.75) is 38.9 Å². The summed E-state index contributed by atoms with van der Waals surface area (Å²) in [4.78, 5) is 0. The first-order valence-corrected chi connectivity index (χ1v) is 7.77. The van der Waals surface area contributed by atoms with Crippen LogP contribution in [0.1, 0.15) is 31.7 Å². The molecule has 0 spiro atoms. The summed E-state index contributed by atoms with van der Waals surface area (Å²) in [6.45, 7) is 2.93. The molecule has 1 aliphatic carbocycles. The van der Waals surface area contributed by atoms with Gasteiger partial charge in [-0.2, -0.15) is 0 Å². The van der Waals surface area contributed by atoms with Gasteiger partial charge >= 0.3 is 0 Å². The lowest BCUT2D eigenvalue weighted by atomic mass is 9.80. The highest BCUT2D eigenvalue weighted by Crippen LogP contribution is 2.33. The summed E-state index contributed by atoms with van der Waals surface area (Å²) in [5.41, 5.74) is 1.17. The van der Waals surface area contributed by atoms with Gasteiger partial charge in [0.1, 0.15) is 11.5 Å². The average molecular weight is 282 g/mol. The molecule has 21 heavy (non-hydrogen) atoms. The van der Waals surface area contributed by atoms with Crippen molar-refractivity contribution >= 4 is 0 Å². The minimum atomic E-state index is 0.452. The number of rotatable bonds is 6. The van der Waals surface area contributed by atoms with E-state index in [1.54, 1.807) is 0 Å². The van der Waals surface area contributed by atoms with Crippen molar-refractivity contribution in [1.29, 1.82) is 0 Å². The van der Waals surface area contributed by atoms with E-state index in [9.17, 15) is 0 Å². The van der Waals surface area contributed by atoms with E-state index >= 15 is 0 Å². The van der Waals surface area contributed by atoms with E-state index in [0.717, 1.165) is 17.4 Å². The molecule has 3 rings (SSSR count). The molecular formula is C19H22O2. The minimum Gasteiger partial charge on any atom is -0.457 e. The van der Waals surface area contributed by atoms with E-state index in [2.05, 4.69) is 19.1 Å². The molecule has 1 aliphatic rings. The Morgan fingerprint density at radius 2 is 1.71 bits per heavy atom. The largest absolute Gasteiger partial charge is 0.457 e. The fraction of sp³-hybridized carbons (Fsp3) is 0.368. The first kappa shape index (κ1) is 14.2. The Kier molecular flexibility index (Phi) is 4.56. The van der Waals surface area contributed by atoms with Crippen molar-refractivity contribution in [2.75, 3.05) is 0 Å². The summed E-state index contributed by atoms with van der Waals surface area (Å²) >= 11 is 0. The van der Waals surface area contributed by atoms with Gasteiger partial charge in [0.05, 0.1) is 12.7 Å². The predicted molar refractivity (Wildman–Crippen MR) is 84.6 cm³/mol. The highest BCUT2D eigenvalue weighted by atomic mass is 16.5. The van der Waals surface area contributed by atoms with Crippen LogP contribution in [-0.4, -0.2) is 6.10 Å². The summed E-state index contributed by atoms with van der Waals surface area (Å²) < 4.78 is 11.8. The first-order chi connectivity index (χ1) is 10.3. The Morgan fingerprint density at radius 1 is 0.952 bits per heavy atom. The quantitative estimate of drug-likeness (QED) is 0.726. The van der Waals surface area contributed by atoms with Crippen molar-refractivity contribution < 1.29 is 9.47 Å². The molecule has 0 N–H and O–H groups in total. The number of hydrogen-bond acceptors (Lipinski definition) is 2. The maximum Gasteiger partial charge on any atom is 0.127 e. The second-order valence-corrected chi connectivity index (χ2v) is 5.74. The fourth-order valence-corrected chi connectivity index (χ4v) is 2.68. The molecule has 2 aromatic carbocycles. The van der Waals surface area contributed by atoms with Crippen LogP contribution < -0.4 is 4.74 Å². The van der Waals surface area contributed by atoms with Gasteiger partial charge in [0.25, 0.3) is 0 Å². The van der Waals surface area contributed by atoms with Gasteiger partial charge in [0, 0.05) is 0 Å². The van der Waals surface area contributed by atoms with Crippen LogP contribution in [0, 0.1) is 5.92 Å². The van der Waals surface area contributed by atoms with E-state index in [0.29, 0.717) is 12.7 Å². The summed E-state index contributed by atoms with van der Waals surface area (Å²) in [6.07, 6.45) is 4.17. The van der Waals surface area contributed by atoms with Crippen LogP contribution in [-0.2, 0) is 11.3 Å². The highest BCUT2D eigenvalue weighted by molar-refractivity contribution is 5.33. The molecule has 0 heterocycles. The molecule has 0 amide bonds. The fourth-order valence-electron chi connectivity index (χ4n) is 2.68. The molecule has 0 aromatic heterocycles. The molecule has 2 aromatic rings. The molecule has 0 atom stereocenters. The third-order valence-corrected chi connectivity index (χ3v) is 4.13. The molecule has 0 bridgehead atoms. The molecule has 1 saturated carbocycles. The van der Waals surface area contributed by atoms with Crippen molar-refractivity contribution in [2.24, 2.45) is 5.92 Å². The molecular weight excluding hydrogens is 260 g/mol. The van der Waals surface area contributed by atoms with Gasteiger partial charge in [-0.1, -0.05) is 43.7 Å². The third kappa shape index (κ3) is 3.85. The number of ether oxygens (including phenoxy) is 2. The zero-order chi connectivity index (χ0) is 14.5. The molecule has 2 heteroatoms. The lowest BCUT2D eigenvalue weighted by Crippen LogP contribution is -2.30. The van der Waals surface area contributed by atoms with Crippen molar-refractivity contribution in [3.05, 3.63) is 60.2 Å². The predicted octanol–water partition coefficient (Wildman–Crippen LogP) is 5.18.